The van der Waals surface area contributed by atoms with E-state index < -0.39 is 8.07 Å². The highest BCUT2D eigenvalue weighted by atomic mass is 35.5. The van der Waals surface area contributed by atoms with Gasteiger partial charge in [-0.2, -0.15) is 0 Å². The van der Waals surface area contributed by atoms with Gasteiger partial charge in [0.2, 0.25) is 0 Å². The first-order chi connectivity index (χ1) is 14.3. The van der Waals surface area contributed by atoms with Crippen molar-refractivity contribution in [2.45, 2.75) is 45.9 Å². The predicted octanol–water partition coefficient (Wildman–Crippen LogP) is 5.43. The van der Waals surface area contributed by atoms with E-state index in [2.05, 4.69) is 53.6 Å². The van der Waals surface area contributed by atoms with E-state index in [0.717, 1.165) is 48.3 Å². The number of anilines is 1. The molecule has 3 aromatic rings. The van der Waals surface area contributed by atoms with E-state index in [1.165, 1.54) is 5.56 Å². The summed E-state index contributed by atoms with van der Waals surface area (Å²) < 4.78 is 13.1. The molecule has 0 bridgehead atoms. The third kappa shape index (κ3) is 5.74. The molecule has 0 aliphatic heterocycles. The Labute approximate surface area is 184 Å². The molecule has 2 heterocycles. The number of rotatable bonds is 10. The number of methoxy groups -OCH3 is 1. The van der Waals surface area contributed by atoms with E-state index in [0.29, 0.717) is 11.9 Å². The fourth-order valence-electron chi connectivity index (χ4n) is 3.18. The zero-order chi connectivity index (χ0) is 21.7. The Morgan fingerprint density at radius 1 is 1.17 bits per heavy atom. The summed E-state index contributed by atoms with van der Waals surface area (Å²) in [5, 5.41) is 0.453. The lowest BCUT2D eigenvalue weighted by molar-refractivity contribution is 0.0895. The molecule has 0 saturated carbocycles. The molecule has 0 atom stereocenters. The zero-order valence-electron chi connectivity index (χ0n) is 18.5. The van der Waals surface area contributed by atoms with Crippen LogP contribution in [0.15, 0.2) is 36.7 Å². The van der Waals surface area contributed by atoms with E-state index in [4.69, 9.17) is 21.1 Å². The summed E-state index contributed by atoms with van der Waals surface area (Å²) in [5.41, 5.74) is 3.75. The third-order valence-corrected chi connectivity index (χ3v) is 6.90. The first kappa shape index (κ1) is 22.6. The molecule has 0 aliphatic rings. The first-order valence-corrected chi connectivity index (χ1v) is 14.4. The second-order valence-corrected chi connectivity index (χ2v) is 14.6. The van der Waals surface area contributed by atoms with Gasteiger partial charge in [0.15, 0.2) is 5.65 Å². The van der Waals surface area contributed by atoms with E-state index in [1.807, 2.05) is 22.8 Å². The number of imidazole rings is 1. The van der Waals surface area contributed by atoms with Crippen molar-refractivity contribution in [3.8, 4) is 5.75 Å². The first-order valence-electron chi connectivity index (χ1n) is 10.3. The summed E-state index contributed by atoms with van der Waals surface area (Å²) in [7, 11) is 0.560. The number of pyridine rings is 1. The Balaban J connectivity index is 1.81. The molecule has 0 aliphatic carbocycles. The number of fused-ring (bicyclic) bond motifs is 1. The van der Waals surface area contributed by atoms with Gasteiger partial charge in [-0.25, -0.2) is 9.97 Å². The van der Waals surface area contributed by atoms with Crippen molar-refractivity contribution in [3.05, 3.63) is 47.4 Å². The molecule has 2 aromatic heterocycles. The molecule has 0 unspecified atom stereocenters. The molecule has 0 amide bonds. The van der Waals surface area contributed by atoms with Crippen LogP contribution in [0, 0.1) is 0 Å². The molecule has 8 heteroatoms. The number of hydrogen-bond donors (Lipinski definition) is 0. The van der Waals surface area contributed by atoms with Crippen molar-refractivity contribution in [1.29, 1.82) is 0 Å². The van der Waals surface area contributed by atoms with Crippen molar-refractivity contribution >= 4 is 36.5 Å². The Bertz CT molecular complexity index is 970. The SMILES string of the molecule is CCN(Cc1ccc(OC)cc1)c1cc(Cl)nc2c1ncn2COCC[Si](C)(C)C. The quantitative estimate of drug-likeness (QED) is 0.236. The Kier molecular flexibility index (Phi) is 7.39. The highest BCUT2D eigenvalue weighted by molar-refractivity contribution is 6.76. The van der Waals surface area contributed by atoms with Gasteiger partial charge in [-0.15, -0.1) is 0 Å². The number of benzene rings is 1. The van der Waals surface area contributed by atoms with Gasteiger partial charge in [0.1, 0.15) is 23.2 Å². The smallest absolute Gasteiger partial charge is 0.165 e. The number of ether oxygens (including phenoxy) is 2. The summed E-state index contributed by atoms with van der Waals surface area (Å²) in [6.45, 7) is 11.9. The highest BCUT2D eigenvalue weighted by Crippen LogP contribution is 2.29. The maximum Gasteiger partial charge on any atom is 0.165 e. The molecule has 3 rings (SSSR count). The second kappa shape index (κ2) is 9.81. The van der Waals surface area contributed by atoms with Crippen LogP contribution < -0.4 is 9.64 Å². The van der Waals surface area contributed by atoms with Gasteiger partial charge in [0.05, 0.1) is 19.1 Å². The standard InChI is InChI=1S/C22H31ClN4O2Si/c1-6-26(14-17-7-9-18(28-2)10-8-17)19-13-20(23)25-22-21(19)24-15-27(22)16-29-11-12-30(3,4)5/h7-10,13,15H,6,11-12,14,16H2,1-5H3. The summed E-state index contributed by atoms with van der Waals surface area (Å²) >= 11 is 6.39. The fraction of sp³-hybridized carbons (Fsp3) is 0.455. The summed E-state index contributed by atoms with van der Waals surface area (Å²) in [6, 6.07) is 11.1. The fourth-order valence-corrected chi connectivity index (χ4v) is 4.12. The molecule has 0 radical (unpaired) electrons. The molecule has 30 heavy (non-hydrogen) atoms. The van der Waals surface area contributed by atoms with Crippen LogP contribution in [0.2, 0.25) is 30.8 Å². The van der Waals surface area contributed by atoms with Gasteiger partial charge in [-0.3, -0.25) is 4.57 Å². The van der Waals surface area contributed by atoms with Gasteiger partial charge in [-0.05, 0) is 30.7 Å². The minimum absolute atomic E-state index is 0.429. The Hall–Kier alpha value is -2.09. The maximum absolute atomic E-state index is 6.39. The van der Waals surface area contributed by atoms with Crippen LogP contribution in [0.5, 0.6) is 5.75 Å². The average Bonchev–Trinajstić information content (AvgIpc) is 3.11. The molecule has 0 spiro atoms. The largest absolute Gasteiger partial charge is 0.497 e. The Morgan fingerprint density at radius 2 is 1.90 bits per heavy atom. The minimum Gasteiger partial charge on any atom is -0.497 e. The second-order valence-electron chi connectivity index (χ2n) is 8.56. The third-order valence-electron chi connectivity index (χ3n) is 5.00. The van der Waals surface area contributed by atoms with Gasteiger partial charge in [-0.1, -0.05) is 43.4 Å². The summed E-state index contributed by atoms with van der Waals surface area (Å²) in [6.07, 6.45) is 1.78. The number of hydrogen-bond acceptors (Lipinski definition) is 5. The van der Waals surface area contributed by atoms with Crippen LogP contribution in [-0.4, -0.2) is 42.9 Å². The van der Waals surface area contributed by atoms with Crippen molar-refractivity contribution < 1.29 is 9.47 Å². The lowest BCUT2D eigenvalue weighted by Gasteiger charge is -2.24. The van der Waals surface area contributed by atoms with Crippen LogP contribution in [0.3, 0.4) is 0 Å². The molecule has 6 nitrogen and oxygen atoms in total. The van der Waals surface area contributed by atoms with E-state index in [1.54, 1.807) is 13.4 Å². The van der Waals surface area contributed by atoms with Crippen molar-refractivity contribution in [3.63, 3.8) is 0 Å². The van der Waals surface area contributed by atoms with E-state index in [-0.39, 0.29) is 0 Å². The van der Waals surface area contributed by atoms with E-state index in [9.17, 15) is 0 Å². The van der Waals surface area contributed by atoms with Gasteiger partial charge in [0.25, 0.3) is 0 Å². The van der Waals surface area contributed by atoms with Crippen LogP contribution >= 0.6 is 11.6 Å². The minimum atomic E-state index is -1.12. The van der Waals surface area contributed by atoms with Crippen molar-refractivity contribution in [2.24, 2.45) is 0 Å². The van der Waals surface area contributed by atoms with Crippen LogP contribution in [0.1, 0.15) is 12.5 Å². The van der Waals surface area contributed by atoms with Crippen molar-refractivity contribution in [1.82, 2.24) is 14.5 Å². The van der Waals surface area contributed by atoms with Crippen LogP contribution in [0.4, 0.5) is 5.69 Å². The van der Waals surface area contributed by atoms with Crippen molar-refractivity contribution in [2.75, 3.05) is 25.2 Å². The lowest BCUT2D eigenvalue weighted by Crippen LogP contribution is -2.22. The molecular formula is C22H31ClN4O2Si. The zero-order valence-corrected chi connectivity index (χ0v) is 20.2. The molecule has 0 fully saturated rings. The molecular weight excluding hydrogens is 416 g/mol. The topological polar surface area (TPSA) is 52.4 Å². The number of halogens is 1. The number of aromatic nitrogens is 3. The Morgan fingerprint density at radius 3 is 2.53 bits per heavy atom. The van der Waals surface area contributed by atoms with Gasteiger partial charge >= 0.3 is 0 Å². The number of nitrogens with zero attached hydrogens (tertiary/aromatic N) is 4. The predicted molar refractivity (Wildman–Crippen MR) is 126 cm³/mol. The molecule has 0 saturated heterocycles. The summed E-state index contributed by atoms with van der Waals surface area (Å²) in [5.74, 6) is 0.851. The normalized spacial score (nSPS) is 11.8. The molecule has 0 N–H and O–H groups in total. The monoisotopic (exact) mass is 446 g/mol. The van der Waals surface area contributed by atoms with Gasteiger partial charge in [0, 0.05) is 33.8 Å². The van der Waals surface area contributed by atoms with E-state index >= 15 is 0 Å². The average molecular weight is 447 g/mol. The highest BCUT2D eigenvalue weighted by Gasteiger charge is 2.17. The lowest BCUT2D eigenvalue weighted by atomic mass is 10.2. The molecule has 162 valence electrons. The maximum atomic E-state index is 6.39. The molecule has 1 aromatic carbocycles. The van der Waals surface area contributed by atoms with Crippen LogP contribution in [-0.2, 0) is 18.0 Å². The summed E-state index contributed by atoms with van der Waals surface area (Å²) in [4.78, 5) is 11.4. The van der Waals surface area contributed by atoms with Crippen LogP contribution in [0.25, 0.3) is 11.2 Å². The van der Waals surface area contributed by atoms with Gasteiger partial charge < -0.3 is 14.4 Å².